The lowest BCUT2D eigenvalue weighted by Gasteiger charge is -2.06. The number of thioether (sulfide) groups is 1. The highest BCUT2D eigenvalue weighted by molar-refractivity contribution is 8.01. The van der Waals surface area contributed by atoms with Crippen LogP contribution in [-0.4, -0.2) is 34.8 Å². The van der Waals surface area contributed by atoms with Gasteiger partial charge in [0, 0.05) is 18.3 Å². The molecule has 0 radical (unpaired) electrons. The number of aromatic nitrogens is 2. The second-order valence-corrected chi connectivity index (χ2v) is 5.76. The van der Waals surface area contributed by atoms with Gasteiger partial charge in [0.1, 0.15) is 5.51 Å². The Kier molecular flexibility index (Phi) is 5.08. The van der Waals surface area contributed by atoms with E-state index in [2.05, 4.69) is 20.8 Å². The lowest BCUT2D eigenvalue weighted by Crippen LogP contribution is -2.18. The van der Waals surface area contributed by atoms with Crippen molar-refractivity contribution >= 4 is 40.6 Å². The van der Waals surface area contributed by atoms with Crippen molar-refractivity contribution in [1.29, 1.82) is 0 Å². The second-order valence-electron chi connectivity index (χ2n) is 3.70. The first-order valence-corrected chi connectivity index (χ1v) is 7.56. The fourth-order valence-corrected chi connectivity index (χ4v) is 2.72. The van der Waals surface area contributed by atoms with E-state index in [0.717, 1.165) is 4.34 Å². The smallest absolute Gasteiger partial charge is 0.251 e. The SMILES string of the molecule is CNC(=O)c1cccc(NC(=O)CSc2nncs2)c1. The Bertz CT molecular complexity index is 601. The van der Waals surface area contributed by atoms with E-state index in [1.165, 1.54) is 23.1 Å². The van der Waals surface area contributed by atoms with Crippen molar-refractivity contribution in [1.82, 2.24) is 15.5 Å². The highest BCUT2D eigenvalue weighted by Crippen LogP contribution is 2.19. The van der Waals surface area contributed by atoms with Crippen LogP contribution in [0.15, 0.2) is 34.1 Å². The van der Waals surface area contributed by atoms with Gasteiger partial charge >= 0.3 is 0 Å². The van der Waals surface area contributed by atoms with E-state index in [-0.39, 0.29) is 17.6 Å². The number of nitrogens with zero attached hydrogens (tertiary/aromatic N) is 2. The molecule has 104 valence electrons. The predicted octanol–water partition coefficient (Wildman–Crippen LogP) is 1.63. The summed E-state index contributed by atoms with van der Waals surface area (Å²) >= 11 is 2.71. The van der Waals surface area contributed by atoms with Gasteiger partial charge in [-0.05, 0) is 18.2 Å². The number of nitrogens with one attached hydrogen (secondary N) is 2. The summed E-state index contributed by atoms with van der Waals surface area (Å²) in [7, 11) is 1.56. The molecule has 0 unspecified atom stereocenters. The lowest BCUT2D eigenvalue weighted by atomic mass is 10.2. The normalized spacial score (nSPS) is 10.1. The summed E-state index contributed by atoms with van der Waals surface area (Å²) in [4.78, 5) is 23.3. The Hall–Kier alpha value is -1.93. The zero-order valence-electron chi connectivity index (χ0n) is 10.6. The zero-order chi connectivity index (χ0) is 14.4. The minimum Gasteiger partial charge on any atom is -0.355 e. The van der Waals surface area contributed by atoms with Crippen molar-refractivity contribution in [3.8, 4) is 0 Å². The number of amides is 2. The summed E-state index contributed by atoms with van der Waals surface area (Å²) in [6.45, 7) is 0. The molecular weight excluding hydrogens is 296 g/mol. The quantitative estimate of drug-likeness (QED) is 0.820. The summed E-state index contributed by atoms with van der Waals surface area (Å²) in [5, 5.41) is 12.8. The maximum absolute atomic E-state index is 11.8. The molecule has 2 rings (SSSR count). The first-order valence-electron chi connectivity index (χ1n) is 5.70. The van der Waals surface area contributed by atoms with Gasteiger partial charge in [0.2, 0.25) is 5.91 Å². The maximum atomic E-state index is 11.8. The summed E-state index contributed by atoms with van der Waals surface area (Å²) < 4.78 is 0.749. The number of rotatable bonds is 5. The first-order chi connectivity index (χ1) is 9.69. The average Bonchev–Trinajstić information content (AvgIpc) is 2.98. The number of anilines is 1. The van der Waals surface area contributed by atoms with Crippen LogP contribution in [0.1, 0.15) is 10.4 Å². The molecule has 0 bridgehead atoms. The summed E-state index contributed by atoms with van der Waals surface area (Å²) in [6, 6.07) is 6.77. The molecule has 2 amide bonds. The highest BCUT2D eigenvalue weighted by atomic mass is 32.2. The van der Waals surface area contributed by atoms with Crippen LogP contribution in [0.25, 0.3) is 0 Å². The molecule has 0 atom stereocenters. The van der Waals surface area contributed by atoms with Gasteiger partial charge in [0.15, 0.2) is 4.34 Å². The molecule has 8 heteroatoms. The molecule has 0 saturated carbocycles. The molecule has 1 aromatic carbocycles. The van der Waals surface area contributed by atoms with Crippen molar-refractivity contribution in [3.05, 3.63) is 35.3 Å². The van der Waals surface area contributed by atoms with Crippen LogP contribution in [0.3, 0.4) is 0 Å². The molecular formula is C12H12N4O2S2. The fourth-order valence-electron chi connectivity index (χ4n) is 1.43. The van der Waals surface area contributed by atoms with Crippen molar-refractivity contribution in [2.24, 2.45) is 0 Å². The lowest BCUT2D eigenvalue weighted by molar-refractivity contribution is -0.113. The topological polar surface area (TPSA) is 84.0 Å². The molecule has 0 fully saturated rings. The molecule has 0 aliphatic heterocycles. The standard InChI is InChI=1S/C12H12N4O2S2/c1-13-11(18)8-3-2-4-9(5-8)15-10(17)6-19-12-16-14-7-20-12/h2-5,7H,6H2,1H3,(H,13,18)(H,15,17). The largest absolute Gasteiger partial charge is 0.355 e. The zero-order valence-corrected chi connectivity index (χ0v) is 12.3. The number of carbonyl (C=O) groups is 2. The molecule has 0 aliphatic carbocycles. The van der Waals surface area contributed by atoms with Crippen molar-refractivity contribution in [3.63, 3.8) is 0 Å². The van der Waals surface area contributed by atoms with Crippen LogP contribution >= 0.6 is 23.1 Å². The average molecular weight is 308 g/mol. The highest BCUT2D eigenvalue weighted by Gasteiger charge is 2.08. The number of hydrogen-bond donors (Lipinski definition) is 2. The fraction of sp³-hybridized carbons (Fsp3) is 0.167. The van der Waals surface area contributed by atoms with E-state index in [0.29, 0.717) is 11.3 Å². The third-order valence-corrected chi connectivity index (χ3v) is 4.16. The van der Waals surface area contributed by atoms with Gasteiger partial charge in [-0.2, -0.15) is 0 Å². The molecule has 0 aliphatic rings. The molecule has 0 saturated heterocycles. The van der Waals surface area contributed by atoms with Crippen LogP contribution in [0.5, 0.6) is 0 Å². The van der Waals surface area contributed by atoms with Crippen LogP contribution in [-0.2, 0) is 4.79 Å². The van der Waals surface area contributed by atoms with Gasteiger partial charge in [-0.15, -0.1) is 10.2 Å². The molecule has 0 spiro atoms. The van der Waals surface area contributed by atoms with Gasteiger partial charge in [-0.1, -0.05) is 29.2 Å². The summed E-state index contributed by atoms with van der Waals surface area (Å²) in [6.07, 6.45) is 0. The Morgan fingerprint density at radius 3 is 2.95 bits per heavy atom. The molecule has 6 nitrogen and oxygen atoms in total. The minimum atomic E-state index is -0.190. The van der Waals surface area contributed by atoms with Gasteiger partial charge in [-0.3, -0.25) is 9.59 Å². The third kappa shape index (κ3) is 4.04. The summed E-state index contributed by atoms with van der Waals surface area (Å²) in [5.74, 6) is -0.0945. The van der Waals surface area contributed by atoms with Crippen molar-refractivity contribution in [2.75, 3.05) is 18.1 Å². The Morgan fingerprint density at radius 1 is 1.40 bits per heavy atom. The van der Waals surface area contributed by atoms with Gasteiger partial charge in [0.05, 0.1) is 5.75 Å². The molecule has 1 heterocycles. The van der Waals surface area contributed by atoms with E-state index < -0.39 is 0 Å². The number of carbonyl (C=O) groups excluding carboxylic acids is 2. The Labute approximate surface area is 124 Å². The van der Waals surface area contributed by atoms with Crippen LogP contribution in [0.4, 0.5) is 5.69 Å². The monoisotopic (exact) mass is 308 g/mol. The minimum absolute atomic E-state index is 0.153. The predicted molar refractivity (Wildman–Crippen MR) is 79.1 cm³/mol. The van der Waals surface area contributed by atoms with Gasteiger partial charge < -0.3 is 10.6 Å². The van der Waals surface area contributed by atoms with Crippen molar-refractivity contribution in [2.45, 2.75) is 4.34 Å². The van der Waals surface area contributed by atoms with E-state index in [4.69, 9.17) is 0 Å². The molecule has 20 heavy (non-hydrogen) atoms. The van der Waals surface area contributed by atoms with E-state index in [1.807, 2.05) is 0 Å². The second kappa shape index (κ2) is 7.01. The molecule has 1 aromatic heterocycles. The number of benzene rings is 1. The van der Waals surface area contributed by atoms with E-state index in [1.54, 1.807) is 36.8 Å². The summed E-state index contributed by atoms with van der Waals surface area (Å²) in [5.41, 5.74) is 2.71. The van der Waals surface area contributed by atoms with Crippen LogP contribution < -0.4 is 10.6 Å². The third-order valence-electron chi connectivity index (χ3n) is 2.30. The Morgan fingerprint density at radius 2 is 2.25 bits per heavy atom. The molecule has 2 N–H and O–H groups in total. The van der Waals surface area contributed by atoms with Gasteiger partial charge in [-0.25, -0.2) is 0 Å². The number of hydrogen-bond acceptors (Lipinski definition) is 6. The first kappa shape index (κ1) is 14.5. The Balaban J connectivity index is 1.92. The maximum Gasteiger partial charge on any atom is 0.251 e. The van der Waals surface area contributed by atoms with Crippen molar-refractivity contribution < 1.29 is 9.59 Å². The van der Waals surface area contributed by atoms with Crippen LogP contribution in [0.2, 0.25) is 0 Å². The van der Waals surface area contributed by atoms with Gasteiger partial charge in [0.25, 0.3) is 5.91 Å². The molecule has 2 aromatic rings. The van der Waals surface area contributed by atoms with Crippen LogP contribution in [0, 0.1) is 0 Å². The van der Waals surface area contributed by atoms with E-state index in [9.17, 15) is 9.59 Å². The van der Waals surface area contributed by atoms with E-state index >= 15 is 0 Å².